The van der Waals surface area contributed by atoms with Crippen LogP contribution in [-0.2, 0) is 0 Å². The molecule has 0 bridgehead atoms. The fourth-order valence-corrected chi connectivity index (χ4v) is 2.03. The van der Waals surface area contributed by atoms with Crippen LogP contribution in [0.2, 0.25) is 0 Å². The largest absolute Gasteiger partial charge is 0.305 e. The molecule has 2 unspecified atom stereocenters. The van der Waals surface area contributed by atoms with Gasteiger partial charge in [0.2, 0.25) is 0 Å². The Labute approximate surface area is 89.8 Å². The Morgan fingerprint density at radius 2 is 2.36 bits per heavy atom. The topological polar surface area (TPSA) is 24.9 Å². The molecule has 0 aliphatic carbocycles. The molecule has 1 heterocycles. The van der Waals surface area contributed by atoms with Crippen molar-refractivity contribution in [1.29, 1.82) is 0 Å². The van der Waals surface area contributed by atoms with E-state index in [1.54, 1.807) is 11.3 Å². The van der Waals surface area contributed by atoms with Gasteiger partial charge in [-0.1, -0.05) is 0 Å². The van der Waals surface area contributed by atoms with Crippen LogP contribution in [0.5, 0.6) is 0 Å². The van der Waals surface area contributed by atoms with E-state index in [9.17, 15) is 0 Å². The van der Waals surface area contributed by atoms with E-state index < -0.39 is 0 Å². The van der Waals surface area contributed by atoms with Crippen LogP contribution < -0.4 is 5.32 Å². The minimum atomic E-state index is 0.281. The summed E-state index contributed by atoms with van der Waals surface area (Å²) in [5.41, 5.74) is 1.11. The first-order valence-corrected chi connectivity index (χ1v) is 5.63. The Morgan fingerprint density at radius 1 is 1.64 bits per heavy atom. The lowest BCUT2D eigenvalue weighted by Gasteiger charge is -2.16. The third kappa shape index (κ3) is 3.13. The van der Waals surface area contributed by atoms with Crippen molar-refractivity contribution in [2.75, 3.05) is 0 Å². The summed E-state index contributed by atoms with van der Waals surface area (Å²) in [5, 5.41) is 6.61. The maximum absolute atomic E-state index is 5.24. The van der Waals surface area contributed by atoms with Crippen molar-refractivity contribution in [3.63, 3.8) is 0 Å². The molecule has 1 aromatic rings. The Hall–Kier alpha value is -0.850. The van der Waals surface area contributed by atoms with E-state index in [0.717, 1.165) is 17.1 Å². The summed E-state index contributed by atoms with van der Waals surface area (Å²) >= 11 is 1.68. The molecule has 0 saturated heterocycles. The number of hydrogen-bond acceptors (Lipinski definition) is 3. The highest BCUT2D eigenvalue weighted by atomic mass is 32.1. The molecule has 2 atom stereocenters. The van der Waals surface area contributed by atoms with E-state index in [0.29, 0.717) is 6.04 Å². The molecule has 1 N–H and O–H groups in total. The maximum atomic E-state index is 5.24. The lowest BCUT2D eigenvalue weighted by Crippen LogP contribution is -2.28. The molecule has 2 nitrogen and oxygen atoms in total. The molecule has 0 aliphatic rings. The maximum Gasteiger partial charge on any atom is 0.0898 e. The normalized spacial score (nSPS) is 14.7. The SMILES string of the molecule is C#CCC(C)NC(C)c1csc(C)n1. The fourth-order valence-electron chi connectivity index (χ4n) is 1.33. The first kappa shape index (κ1) is 11.2. The quantitative estimate of drug-likeness (QED) is 0.769. The Bertz CT molecular complexity index is 324. The first-order chi connectivity index (χ1) is 6.63. The van der Waals surface area contributed by atoms with E-state index in [4.69, 9.17) is 6.42 Å². The number of nitrogens with zero attached hydrogens (tertiary/aromatic N) is 1. The summed E-state index contributed by atoms with van der Waals surface area (Å²) in [4.78, 5) is 4.43. The molecule has 0 radical (unpaired) electrons. The van der Waals surface area contributed by atoms with Crippen LogP contribution >= 0.6 is 11.3 Å². The van der Waals surface area contributed by atoms with Crippen LogP contribution in [0.15, 0.2) is 5.38 Å². The zero-order valence-corrected chi connectivity index (χ0v) is 9.69. The number of aryl methyl sites for hydroxylation is 1. The van der Waals surface area contributed by atoms with Gasteiger partial charge in [0.05, 0.1) is 10.7 Å². The van der Waals surface area contributed by atoms with Gasteiger partial charge in [-0.05, 0) is 20.8 Å². The molecule has 0 aliphatic heterocycles. The van der Waals surface area contributed by atoms with E-state index in [-0.39, 0.29) is 6.04 Å². The molecule has 1 aromatic heterocycles. The van der Waals surface area contributed by atoms with Gasteiger partial charge >= 0.3 is 0 Å². The van der Waals surface area contributed by atoms with Gasteiger partial charge in [0, 0.05) is 23.9 Å². The average Bonchev–Trinajstić information content (AvgIpc) is 2.52. The van der Waals surface area contributed by atoms with Crippen molar-refractivity contribution in [2.24, 2.45) is 0 Å². The number of terminal acetylenes is 1. The van der Waals surface area contributed by atoms with Gasteiger partial charge in [-0.3, -0.25) is 0 Å². The van der Waals surface area contributed by atoms with Crippen LogP contribution in [0.1, 0.15) is 37.0 Å². The van der Waals surface area contributed by atoms with Gasteiger partial charge in [-0.15, -0.1) is 23.7 Å². The highest BCUT2D eigenvalue weighted by Crippen LogP contribution is 2.16. The third-order valence-electron chi connectivity index (χ3n) is 2.04. The summed E-state index contributed by atoms with van der Waals surface area (Å²) in [6.07, 6.45) is 6.00. The number of nitrogens with one attached hydrogen (secondary N) is 1. The monoisotopic (exact) mass is 208 g/mol. The number of rotatable bonds is 4. The molecule has 0 fully saturated rings. The summed E-state index contributed by atoms with van der Waals surface area (Å²) in [7, 11) is 0. The molecular formula is C11H16N2S. The Kier molecular flexibility index (Phi) is 4.12. The van der Waals surface area contributed by atoms with Crippen molar-refractivity contribution in [3.05, 3.63) is 16.1 Å². The number of hydrogen-bond donors (Lipinski definition) is 1. The van der Waals surface area contributed by atoms with Gasteiger partial charge in [0.15, 0.2) is 0 Å². The lowest BCUT2D eigenvalue weighted by molar-refractivity contribution is 0.480. The second-order valence-corrected chi connectivity index (χ2v) is 4.55. The van der Waals surface area contributed by atoms with Crippen molar-refractivity contribution in [1.82, 2.24) is 10.3 Å². The van der Waals surface area contributed by atoms with Gasteiger partial charge in [0.1, 0.15) is 0 Å². The zero-order chi connectivity index (χ0) is 10.6. The van der Waals surface area contributed by atoms with Gasteiger partial charge in [0.25, 0.3) is 0 Å². The second-order valence-electron chi connectivity index (χ2n) is 3.49. The van der Waals surface area contributed by atoms with Crippen molar-refractivity contribution in [2.45, 2.75) is 39.3 Å². The highest BCUT2D eigenvalue weighted by Gasteiger charge is 2.10. The predicted molar refractivity (Wildman–Crippen MR) is 61.3 cm³/mol. The summed E-state index contributed by atoms with van der Waals surface area (Å²) in [5.74, 6) is 2.65. The third-order valence-corrected chi connectivity index (χ3v) is 2.83. The predicted octanol–water partition coefficient (Wildman–Crippen LogP) is 2.51. The molecule has 3 heteroatoms. The van der Waals surface area contributed by atoms with Crippen molar-refractivity contribution < 1.29 is 0 Å². The van der Waals surface area contributed by atoms with E-state index in [1.165, 1.54) is 0 Å². The fraction of sp³-hybridized carbons (Fsp3) is 0.545. The smallest absolute Gasteiger partial charge is 0.0898 e. The Balaban J connectivity index is 2.50. The highest BCUT2D eigenvalue weighted by molar-refractivity contribution is 7.09. The van der Waals surface area contributed by atoms with Gasteiger partial charge in [-0.2, -0.15) is 0 Å². The van der Waals surface area contributed by atoms with Gasteiger partial charge in [-0.25, -0.2) is 4.98 Å². The standard InChI is InChI=1S/C11H16N2S/c1-5-6-8(2)12-9(3)11-7-14-10(4)13-11/h1,7-9,12H,6H2,2-4H3. The van der Waals surface area contributed by atoms with E-state index in [1.807, 2.05) is 6.92 Å². The van der Waals surface area contributed by atoms with Crippen LogP contribution in [0.4, 0.5) is 0 Å². The van der Waals surface area contributed by atoms with Gasteiger partial charge < -0.3 is 5.32 Å². The summed E-state index contributed by atoms with van der Waals surface area (Å²) in [6, 6.07) is 0.625. The van der Waals surface area contributed by atoms with Crippen molar-refractivity contribution in [3.8, 4) is 12.3 Å². The summed E-state index contributed by atoms with van der Waals surface area (Å²) in [6.45, 7) is 6.23. The molecule has 0 spiro atoms. The number of aromatic nitrogens is 1. The van der Waals surface area contributed by atoms with Crippen LogP contribution in [0, 0.1) is 19.3 Å². The minimum absolute atomic E-state index is 0.281. The molecule has 14 heavy (non-hydrogen) atoms. The lowest BCUT2D eigenvalue weighted by atomic mass is 10.2. The van der Waals surface area contributed by atoms with E-state index >= 15 is 0 Å². The zero-order valence-electron chi connectivity index (χ0n) is 8.87. The molecule has 0 aromatic carbocycles. The van der Waals surface area contributed by atoms with Crippen LogP contribution in [0.3, 0.4) is 0 Å². The molecule has 0 amide bonds. The van der Waals surface area contributed by atoms with Crippen LogP contribution in [-0.4, -0.2) is 11.0 Å². The molecular weight excluding hydrogens is 192 g/mol. The first-order valence-electron chi connectivity index (χ1n) is 4.75. The molecule has 1 rings (SSSR count). The number of thiazole rings is 1. The second kappa shape index (κ2) is 5.14. The minimum Gasteiger partial charge on any atom is -0.305 e. The van der Waals surface area contributed by atoms with Crippen LogP contribution in [0.25, 0.3) is 0 Å². The molecule has 0 saturated carbocycles. The van der Waals surface area contributed by atoms with E-state index in [2.05, 4.69) is 35.4 Å². The Morgan fingerprint density at radius 3 is 2.86 bits per heavy atom. The molecule has 76 valence electrons. The van der Waals surface area contributed by atoms with Crippen molar-refractivity contribution >= 4 is 11.3 Å². The summed E-state index contributed by atoms with van der Waals surface area (Å²) < 4.78 is 0. The average molecular weight is 208 g/mol.